The Bertz CT molecular complexity index is 1040. The van der Waals surface area contributed by atoms with Crippen molar-refractivity contribution in [3.05, 3.63) is 65.7 Å². The summed E-state index contributed by atoms with van der Waals surface area (Å²) in [5.74, 6) is -1.12. The maximum absolute atomic E-state index is 13.9. The average Bonchev–Trinajstić information content (AvgIpc) is 2.85. The molecule has 186 valence electrons. The van der Waals surface area contributed by atoms with E-state index in [-0.39, 0.29) is 23.4 Å². The minimum absolute atomic E-state index is 0.0412. The Morgan fingerprint density at radius 3 is 2.43 bits per heavy atom. The maximum Gasteiger partial charge on any atom is 0.254 e. The number of para-hydroxylation sites is 1. The van der Waals surface area contributed by atoms with Crippen molar-refractivity contribution in [2.24, 2.45) is 11.8 Å². The second-order valence-corrected chi connectivity index (χ2v) is 10.2. The highest BCUT2D eigenvalue weighted by atomic mass is 19.1. The monoisotopic (exact) mass is 481 g/mol. The first-order valence-corrected chi connectivity index (χ1v) is 12.9. The first-order valence-electron chi connectivity index (χ1n) is 12.9. The van der Waals surface area contributed by atoms with Crippen LogP contribution in [0, 0.1) is 23.5 Å². The van der Waals surface area contributed by atoms with Crippen molar-refractivity contribution in [2.75, 3.05) is 25.0 Å². The van der Waals surface area contributed by atoms with Crippen LogP contribution in [0.4, 0.5) is 14.5 Å². The van der Waals surface area contributed by atoms with Crippen LogP contribution in [0.1, 0.15) is 55.3 Å². The molecule has 2 amide bonds. The van der Waals surface area contributed by atoms with E-state index in [1.54, 1.807) is 0 Å². The number of benzene rings is 2. The number of carbonyl (C=O) groups is 2. The molecular formula is C28H33F2N3O2. The molecule has 5 rings (SSSR count). The summed E-state index contributed by atoms with van der Waals surface area (Å²) >= 11 is 0. The summed E-state index contributed by atoms with van der Waals surface area (Å²) in [6.45, 7) is 2.81. The van der Waals surface area contributed by atoms with Gasteiger partial charge in [-0.3, -0.25) is 14.5 Å². The van der Waals surface area contributed by atoms with Gasteiger partial charge < -0.3 is 10.2 Å². The number of amides is 2. The molecule has 7 heteroatoms. The van der Waals surface area contributed by atoms with Crippen LogP contribution in [-0.2, 0) is 4.79 Å². The number of hydrogen-bond acceptors (Lipinski definition) is 3. The number of hydrogen-bond donors (Lipinski definition) is 1. The standard InChI is InChI=1S/C28H33F2N3O2/c29-21-15-20(16-22(30)17-21)28(35)33-18-19-7-5-13-32-14-6-10-24(27(19)32)25(33)11-4-12-26(34)31-23-8-2-1-3-9-23/h1-3,8-9,15-17,19,24-25,27H,4-7,10-14,18H2,(H,31,34)/t19-,24+,25+,27-/m0/s1. The van der Waals surface area contributed by atoms with Crippen LogP contribution >= 0.6 is 0 Å². The van der Waals surface area contributed by atoms with Crippen molar-refractivity contribution >= 4 is 17.5 Å². The quantitative estimate of drug-likeness (QED) is 0.626. The smallest absolute Gasteiger partial charge is 0.254 e. The van der Waals surface area contributed by atoms with Gasteiger partial charge in [-0.1, -0.05) is 18.2 Å². The van der Waals surface area contributed by atoms with Gasteiger partial charge in [-0.15, -0.1) is 0 Å². The number of nitrogens with one attached hydrogen (secondary N) is 1. The Kier molecular flexibility index (Phi) is 7.14. The van der Waals surface area contributed by atoms with Crippen LogP contribution in [0.3, 0.4) is 0 Å². The molecule has 0 aliphatic carbocycles. The molecule has 3 aliphatic rings. The zero-order chi connectivity index (χ0) is 24.4. The molecule has 0 aromatic heterocycles. The lowest BCUT2D eigenvalue weighted by Crippen LogP contribution is -2.65. The number of nitrogens with zero attached hydrogens (tertiary/aromatic N) is 2. The van der Waals surface area contributed by atoms with E-state index in [0.29, 0.717) is 43.7 Å². The van der Waals surface area contributed by atoms with Crippen molar-refractivity contribution in [2.45, 2.75) is 57.0 Å². The topological polar surface area (TPSA) is 52.7 Å². The second-order valence-electron chi connectivity index (χ2n) is 10.2. The molecule has 3 fully saturated rings. The molecule has 35 heavy (non-hydrogen) atoms. The van der Waals surface area contributed by atoms with Gasteiger partial charge in [0, 0.05) is 42.4 Å². The number of piperidine rings is 3. The number of anilines is 1. The molecule has 0 radical (unpaired) electrons. The summed E-state index contributed by atoms with van der Waals surface area (Å²) in [4.78, 5) is 30.6. The molecule has 0 bridgehead atoms. The molecule has 2 aromatic rings. The summed E-state index contributed by atoms with van der Waals surface area (Å²) in [7, 11) is 0. The van der Waals surface area contributed by atoms with Gasteiger partial charge in [-0.25, -0.2) is 8.78 Å². The Morgan fingerprint density at radius 1 is 0.971 bits per heavy atom. The van der Waals surface area contributed by atoms with E-state index in [4.69, 9.17) is 0 Å². The van der Waals surface area contributed by atoms with E-state index in [1.165, 1.54) is 0 Å². The van der Waals surface area contributed by atoms with Crippen molar-refractivity contribution in [3.8, 4) is 0 Å². The number of halogens is 2. The third kappa shape index (κ3) is 5.25. The first-order chi connectivity index (χ1) is 17.0. The lowest BCUT2D eigenvalue weighted by Gasteiger charge is -2.57. The van der Waals surface area contributed by atoms with E-state index in [2.05, 4.69) is 10.2 Å². The molecule has 4 atom stereocenters. The van der Waals surface area contributed by atoms with Crippen LogP contribution < -0.4 is 5.32 Å². The summed E-state index contributed by atoms with van der Waals surface area (Å²) in [5, 5.41) is 2.93. The summed E-state index contributed by atoms with van der Waals surface area (Å²) in [5.41, 5.74) is 0.837. The van der Waals surface area contributed by atoms with E-state index < -0.39 is 11.6 Å². The fourth-order valence-electron chi connectivity index (χ4n) is 6.66. The van der Waals surface area contributed by atoms with Crippen molar-refractivity contribution < 1.29 is 18.4 Å². The second kappa shape index (κ2) is 10.4. The van der Waals surface area contributed by atoms with Crippen LogP contribution in [0.5, 0.6) is 0 Å². The SMILES string of the molecule is O=C(CCC[C@@H]1[C@H]2CCCN3CCC[C@@H](CN1C(=O)c1cc(F)cc(F)c1)[C@@H]23)Nc1ccccc1. The van der Waals surface area contributed by atoms with Crippen LogP contribution in [-0.4, -0.2) is 53.3 Å². The first kappa shape index (κ1) is 23.9. The summed E-state index contributed by atoms with van der Waals surface area (Å²) in [6.07, 6.45) is 6.05. The predicted octanol–water partition coefficient (Wildman–Crippen LogP) is 5.09. The Balaban J connectivity index is 1.34. The average molecular weight is 482 g/mol. The molecule has 1 N–H and O–H groups in total. The van der Waals surface area contributed by atoms with Crippen LogP contribution in [0.25, 0.3) is 0 Å². The summed E-state index contributed by atoms with van der Waals surface area (Å²) < 4.78 is 27.9. The van der Waals surface area contributed by atoms with Gasteiger partial charge in [0.25, 0.3) is 5.91 Å². The Labute approximate surface area is 205 Å². The fraction of sp³-hybridized carbons (Fsp3) is 0.500. The number of likely N-dealkylation sites (tertiary alicyclic amines) is 1. The van der Waals surface area contributed by atoms with E-state index in [1.807, 2.05) is 35.2 Å². The van der Waals surface area contributed by atoms with E-state index in [9.17, 15) is 18.4 Å². The van der Waals surface area contributed by atoms with Gasteiger partial charge in [0.2, 0.25) is 5.91 Å². The molecule has 3 heterocycles. The highest BCUT2D eigenvalue weighted by Gasteiger charge is 2.49. The van der Waals surface area contributed by atoms with Crippen LogP contribution in [0.15, 0.2) is 48.5 Å². The zero-order valence-electron chi connectivity index (χ0n) is 20.0. The van der Waals surface area contributed by atoms with Gasteiger partial charge in [0.05, 0.1) is 0 Å². The third-order valence-corrected chi connectivity index (χ3v) is 8.00. The van der Waals surface area contributed by atoms with E-state index >= 15 is 0 Å². The van der Waals surface area contributed by atoms with Gasteiger partial charge in [0.1, 0.15) is 11.6 Å². The molecule has 0 spiro atoms. The number of rotatable bonds is 6. The molecule has 5 nitrogen and oxygen atoms in total. The van der Waals surface area contributed by atoms with Gasteiger partial charge in [-0.05, 0) is 87.7 Å². The fourth-order valence-corrected chi connectivity index (χ4v) is 6.66. The minimum Gasteiger partial charge on any atom is -0.335 e. The molecule has 3 aliphatic heterocycles. The van der Waals surface area contributed by atoms with Crippen LogP contribution in [0.2, 0.25) is 0 Å². The third-order valence-electron chi connectivity index (χ3n) is 8.00. The lowest BCUT2D eigenvalue weighted by atomic mass is 9.69. The van der Waals surface area contributed by atoms with Gasteiger partial charge >= 0.3 is 0 Å². The number of carbonyl (C=O) groups excluding carboxylic acids is 2. The summed E-state index contributed by atoms with van der Waals surface area (Å²) in [6, 6.07) is 12.9. The van der Waals surface area contributed by atoms with Gasteiger partial charge in [-0.2, -0.15) is 0 Å². The normalized spacial score (nSPS) is 26.2. The zero-order valence-corrected chi connectivity index (χ0v) is 20.0. The predicted molar refractivity (Wildman–Crippen MR) is 131 cm³/mol. The maximum atomic E-state index is 13.9. The molecule has 0 unspecified atom stereocenters. The highest BCUT2D eigenvalue weighted by molar-refractivity contribution is 5.94. The Morgan fingerprint density at radius 2 is 1.69 bits per heavy atom. The van der Waals surface area contributed by atoms with E-state index in [0.717, 1.165) is 62.7 Å². The largest absolute Gasteiger partial charge is 0.335 e. The van der Waals surface area contributed by atoms with Crippen molar-refractivity contribution in [3.63, 3.8) is 0 Å². The van der Waals surface area contributed by atoms with Crippen molar-refractivity contribution in [1.29, 1.82) is 0 Å². The van der Waals surface area contributed by atoms with Crippen molar-refractivity contribution in [1.82, 2.24) is 9.80 Å². The Hall–Kier alpha value is -2.80. The lowest BCUT2D eigenvalue weighted by molar-refractivity contribution is -0.116. The minimum atomic E-state index is -0.737. The molecular weight excluding hydrogens is 448 g/mol. The highest BCUT2D eigenvalue weighted by Crippen LogP contribution is 2.43. The molecule has 3 saturated heterocycles. The van der Waals surface area contributed by atoms with Gasteiger partial charge in [0.15, 0.2) is 0 Å². The molecule has 2 aromatic carbocycles. The molecule has 0 saturated carbocycles.